The predicted molar refractivity (Wildman–Crippen MR) is 78.1 cm³/mol. The van der Waals surface area contributed by atoms with Crippen molar-refractivity contribution in [2.24, 2.45) is 0 Å². The maximum Gasteiger partial charge on any atom is 0.269 e. The molecule has 0 saturated carbocycles. The zero-order chi connectivity index (χ0) is 13.4. The van der Waals surface area contributed by atoms with Crippen molar-refractivity contribution < 1.29 is 9.20 Å². The molecule has 0 unspecified atom stereocenters. The van der Waals surface area contributed by atoms with Crippen LogP contribution in [0.5, 0.6) is 0 Å². The number of pyridine rings is 1. The van der Waals surface area contributed by atoms with Crippen LogP contribution < -0.4 is 4.40 Å². The largest absolute Gasteiger partial charge is 0.274 e. The third kappa shape index (κ3) is 2.25. The summed E-state index contributed by atoms with van der Waals surface area (Å²) >= 11 is 13.0. The SMILES string of the molecule is O=C(Cl)c1sc2cccc[n+]2c1-c1ccc(Cl)cc1. The molecule has 0 spiro atoms. The van der Waals surface area contributed by atoms with Crippen molar-refractivity contribution in [2.75, 3.05) is 0 Å². The summed E-state index contributed by atoms with van der Waals surface area (Å²) in [6.45, 7) is 0. The van der Waals surface area contributed by atoms with Crippen LogP contribution in [0.25, 0.3) is 16.1 Å². The summed E-state index contributed by atoms with van der Waals surface area (Å²) < 4.78 is 1.96. The van der Waals surface area contributed by atoms with E-state index in [9.17, 15) is 4.79 Å². The van der Waals surface area contributed by atoms with Crippen molar-refractivity contribution in [1.29, 1.82) is 0 Å². The molecule has 0 saturated heterocycles. The molecule has 2 nitrogen and oxygen atoms in total. The molecule has 0 aliphatic carbocycles. The second-order valence-electron chi connectivity index (χ2n) is 3.97. The summed E-state index contributed by atoms with van der Waals surface area (Å²) in [7, 11) is 0. The highest BCUT2D eigenvalue weighted by Gasteiger charge is 2.26. The lowest BCUT2D eigenvalue weighted by atomic mass is 10.1. The maximum absolute atomic E-state index is 11.6. The molecule has 0 bridgehead atoms. The van der Waals surface area contributed by atoms with E-state index in [4.69, 9.17) is 23.2 Å². The van der Waals surface area contributed by atoms with Gasteiger partial charge in [0.25, 0.3) is 10.1 Å². The van der Waals surface area contributed by atoms with Crippen LogP contribution >= 0.6 is 34.5 Å². The Hall–Kier alpha value is -1.42. The summed E-state index contributed by atoms with van der Waals surface area (Å²) in [5.74, 6) is 0. The molecular weight excluding hydrogens is 301 g/mol. The monoisotopic (exact) mass is 308 g/mol. The van der Waals surface area contributed by atoms with Gasteiger partial charge in [0, 0.05) is 22.7 Å². The Kier molecular flexibility index (Phi) is 3.27. The van der Waals surface area contributed by atoms with Crippen LogP contribution in [0.3, 0.4) is 0 Å². The molecule has 19 heavy (non-hydrogen) atoms. The average Bonchev–Trinajstić information content (AvgIpc) is 2.79. The summed E-state index contributed by atoms with van der Waals surface area (Å²) in [6.07, 6.45) is 1.92. The molecule has 3 rings (SSSR count). The van der Waals surface area contributed by atoms with Gasteiger partial charge in [-0.15, -0.1) is 4.40 Å². The number of hydrogen-bond acceptors (Lipinski definition) is 2. The fraction of sp³-hybridized carbons (Fsp3) is 0. The maximum atomic E-state index is 11.6. The first-order valence-corrected chi connectivity index (χ1v) is 7.13. The highest BCUT2D eigenvalue weighted by Crippen LogP contribution is 2.29. The van der Waals surface area contributed by atoms with Crippen molar-refractivity contribution in [1.82, 2.24) is 0 Å². The van der Waals surface area contributed by atoms with Gasteiger partial charge in [-0.2, -0.15) is 0 Å². The topological polar surface area (TPSA) is 21.2 Å². The van der Waals surface area contributed by atoms with E-state index in [1.54, 1.807) is 12.1 Å². The summed E-state index contributed by atoms with van der Waals surface area (Å²) in [6, 6.07) is 13.2. The number of nitrogens with zero attached hydrogens (tertiary/aromatic N) is 1. The van der Waals surface area contributed by atoms with Gasteiger partial charge in [-0.1, -0.05) is 22.9 Å². The first-order valence-electron chi connectivity index (χ1n) is 5.56. The van der Waals surface area contributed by atoms with Crippen molar-refractivity contribution >= 4 is 44.6 Å². The van der Waals surface area contributed by atoms with Gasteiger partial charge in [0.05, 0.1) is 0 Å². The Balaban J connectivity index is 2.34. The van der Waals surface area contributed by atoms with Crippen LogP contribution in [0, 0.1) is 0 Å². The van der Waals surface area contributed by atoms with Crippen LogP contribution in [0.4, 0.5) is 0 Å². The third-order valence-corrected chi connectivity index (χ3v) is 4.46. The minimum atomic E-state index is -0.446. The number of carbonyl (C=O) groups is 1. The van der Waals surface area contributed by atoms with Crippen molar-refractivity contribution in [3.05, 3.63) is 58.6 Å². The van der Waals surface area contributed by atoms with Gasteiger partial charge >= 0.3 is 0 Å². The van der Waals surface area contributed by atoms with Gasteiger partial charge < -0.3 is 0 Å². The van der Waals surface area contributed by atoms with Gasteiger partial charge in [-0.05, 0) is 41.9 Å². The van der Waals surface area contributed by atoms with Crippen LogP contribution in [0.15, 0.2) is 48.7 Å². The molecule has 0 aliphatic heterocycles. The van der Waals surface area contributed by atoms with E-state index in [0.717, 1.165) is 16.1 Å². The lowest BCUT2D eigenvalue weighted by Gasteiger charge is -1.96. The van der Waals surface area contributed by atoms with E-state index in [1.807, 2.05) is 40.9 Å². The van der Waals surface area contributed by atoms with E-state index >= 15 is 0 Å². The molecule has 0 fully saturated rings. The number of carbonyl (C=O) groups excluding carboxylic acids is 1. The van der Waals surface area contributed by atoms with Crippen molar-refractivity contribution in [3.8, 4) is 11.3 Å². The molecule has 2 heterocycles. The molecule has 0 aliphatic rings. The predicted octanol–water partition coefficient (Wildman–Crippen LogP) is 4.19. The zero-order valence-electron chi connectivity index (χ0n) is 9.64. The minimum absolute atomic E-state index is 0.446. The fourth-order valence-electron chi connectivity index (χ4n) is 1.97. The number of benzene rings is 1. The van der Waals surface area contributed by atoms with Crippen LogP contribution in [-0.2, 0) is 0 Å². The lowest BCUT2D eigenvalue weighted by molar-refractivity contribution is -0.495. The van der Waals surface area contributed by atoms with E-state index < -0.39 is 5.24 Å². The molecule has 94 valence electrons. The number of rotatable bonds is 2. The van der Waals surface area contributed by atoms with E-state index in [2.05, 4.69) is 0 Å². The van der Waals surface area contributed by atoms with Gasteiger partial charge in [0.2, 0.25) is 5.69 Å². The molecule has 0 radical (unpaired) electrons. The molecule has 1 aromatic carbocycles. The first kappa shape index (κ1) is 12.6. The standard InChI is InChI=1S/C14H8Cl2NOS/c15-10-6-4-9(5-7-10)12-13(14(16)18)19-11-3-1-2-8-17(11)12/h1-8H/q+1. The second-order valence-corrected chi connectivity index (χ2v) is 5.78. The lowest BCUT2D eigenvalue weighted by Crippen LogP contribution is -2.21. The quantitative estimate of drug-likeness (QED) is 0.514. The summed E-state index contributed by atoms with van der Waals surface area (Å²) in [4.78, 5) is 13.1. The van der Waals surface area contributed by atoms with Crippen molar-refractivity contribution in [2.45, 2.75) is 0 Å². The first-order chi connectivity index (χ1) is 9.16. The molecule has 0 atom stereocenters. The Labute approximate surface area is 123 Å². The van der Waals surface area contributed by atoms with E-state index in [0.29, 0.717) is 9.90 Å². The minimum Gasteiger partial charge on any atom is -0.274 e. The molecule has 0 amide bonds. The summed E-state index contributed by atoms with van der Waals surface area (Å²) in [5, 5.41) is 0.214. The Morgan fingerprint density at radius 2 is 1.84 bits per heavy atom. The number of fused-ring (bicyclic) bond motifs is 1. The fourth-order valence-corrected chi connectivity index (χ4v) is 3.30. The number of halogens is 2. The van der Waals surface area contributed by atoms with E-state index in [-0.39, 0.29) is 0 Å². The van der Waals surface area contributed by atoms with Gasteiger partial charge in [-0.25, -0.2) is 0 Å². The van der Waals surface area contributed by atoms with Crippen molar-refractivity contribution in [3.63, 3.8) is 0 Å². The number of hydrogen-bond donors (Lipinski definition) is 0. The molecule has 5 heteroatoms. The number of aromatic nitrogens is 1. The van der Waals surface area contributed by atoms with Gasteiger partial charge in [-0.3, -0.25) is 4.79 Å². The molecule has 2 aromatic heterocycles. The van der Waals surface area contributed by atoms with Gasteiger partial charge in [0.15, 0.2) is 11.1 Å². The second kappa shape index (κ2) is 4.93. The van der Waals surface area contributed by atoms with Crippen LogP contribution in [-0.4, -0.2) is 5.24 Å². The smallest absolute Gasteiger partial charge is 0.269 e. The zero-order valence-corrected chi connectivity index (χ0v) is 12.0. The average molecular weight is 309 g/mol. The van der Waals surface area contributed by atoms with E-state index in [1.165, 1.54) is 11.3 Å². The normalized spacial score (nSPS) is 10.8. The van der Waals surface area contributed by atoms with Crippen LogP contribution in [0.1, 0.15) is 9.67 Å². The highest BCUT2D eigenvalue weighted by atomic mass is 35.5. The Morgan fingerprint density at radius 1 is 1.11 bits per heavy atom. The molecule has 3 aromatic rings. The molecular formula is C14H8Cl2NOS+. The van der Waals surface area contributed by atoms with Crippen LogP contribution in [0.2, 0.25) is 5.02 Å². The highest BCUT2D eigenvalue weighted by molar-refractivity contribution is 7.20. The van der Waals surface area contributed by atoms with Gasteiger partial charge in [0.1, 0.15) is 0 Å². The Morgan fingerprint density at radius 3 is 2.53 bits per heavy atom. The molecule has 0 N–H and O–H groups in total. The third-order valence-electron chi connectivity index (χ3n) is 2.78. The Bertz CT molecular complexity index is 765. The number of thiazole rings is 1. The summed E-state index contributed by atoms with van der Waals surface area (Å²) in [5.41, 5.74) is 1.72.